The molecule has 33 heavy (non-hydrogen) atoms. The molecule has 3 aromatic carbocycles. The SMILES string of the molecule is COc1ccc(S(=O)(=O)NC2CN(C(c3ccc(Cl)cc3)c3ccc(Cl)cc3)C2)cc1OC. The number of likely N-dealkylation sites (tertiary alicyclic amines) is 1. The summed E-state index contributed by atoms with van der Waals surface area (Å²) in [4.78, 5) is 2.35. The predicted octanol–water partition coefficient (Wildman–Crippen LogP) is 4.76. The van der Waals surface area contributed by atoms with Crippen LogP contribution in [0.1, 0.15) is 17.2 Å². The van der Waals surface area contributed by atoms with E-state index in [1.54, 1.807) is 6.07 Å². The van der Waals surface area contributed by atoms with Gasteiger partial charge in [0, 0.05) is 35.2 Å². The number of ether oxygens (including phenoxy) is 2. The fraction of sp³-hybridized carbons (Fsp3) is 0.250. The van der Waals surface area contributed by atoms with Gasteiger partial charge in [0.05, 0.1) is 25.2 Å². The first kappa shape index (κ1) is 23.9. The summed E-state index contributed by atoms with van der Waals surface area (Å²) in [5.74, 6) is 0.834. The van der Waals surface area contributed by atoms with Crippen LogP contribution in [0, 0.1) is 0 Å². The maximum absolute atomic E-state index is 12.9. The number of benzene rings is 3. The van der Waals surface area contributed by atoms with Crippen molar-refractivity contribution in [1.29, 1.82) is 0 Å². The lowest BCUT2D eigenvalue weighted by atomic mass is 9.93. The van der Waals surface area contributed by atoms with E-state index in [9.17, 15) is 8.42 Å². The number of sulfonamides is 1. The Morgan fingerprint density at radius 1 is 0.848 bits per heavy atom. The van der Waals surface area contributed by atoms with Gasteiger partial charge in [-0.05, 0) is 47.5 Å². The molecule has 9 heteroatoms. The van der Waals surface area contributed by atoms with Crippen molar-refractivity contribution in [3.63, 3.8) is 0 Å². The zero-order chi connectivity index (χ0) is 23.6. The monoisotopic (exact) mass is 506 g/mol. The molecule has 1 aliphatic rings. The lowest BCUT2D eigenvalue weighted by Crippen LogP contribution is -2.60. The van der Waals surface area contributed by atoms with Gasteiger partial charge in [-0.1, -0.05) is 47.5 Å². The smallest absolute Gasteiger partial charge is 0.241 e. The van der Waals surface area contributed by atoms with Crippen molar-refractivity contribution in [2.24, 2.45) is 0 Å². The lowest BCUT2D eigenvalue weighted by molar-refractivity contribution is 0.105. The zero-order valence-electron chi connectivity index (χ0n) is 18.2. The van der Waals surface area contributed by atoms with Crippen LogP contribution < -0.4 is 14.2 Å². The normalized spacial score (nSPS) is 14.8. The highest BCUT2D eigenvalue weighted by Crippen LogP contribution is 2.34. The van der Waals surface area contributed by atoms with Crippen molar-refractivity contribution in [3.05, 3.63) is 87.9 Å². The van der Waals surface area contributed by atoms with Crippen molar-refractivity contribution in [2.75, 3.05) is 27.3 Å². The number of nitrogens with zero attached hydrogens (tertiary/aromatic N) is 1. The minimum absolute atomic E-state index is 0.0404. The molecule has 1 saturated heterocycles. The zero-order valence-corrected chi connectivity index (χ0v) is 20.5. The van der Waals surface area contributed by atoms with Crippen molar-refractivity contribution in [2.45, 2.75) is 17.0 Å². The fourth-order valence-corrected chi connectivity index (χ4v) is 5.46. The Hall–Kier alpha value is -2.29. The van der Waals surface area contributed by atoms with Gasteiger partial charge in [0.15, 0.2) is 11.5 Å². The Bertz CT molecular complexity index is 1170. The second kappa shape index (κ2) is 9.91. The molecule has 1 heterocycles. The molecule has 174 valence electrons. The molecule has 0 atom stereocenters. The first-order valence-corrected chi connectivity index (χ1v) is 12.5. The van der Waals surface area contributed by atoms with Crippen molar-refractivity contribution in [3.8, 4) is 11.5 Å². The molecule has 0 amide bonds. The average Bonchev–Trinajstić information content (AvgIpc) is 2.79. The van der Waals surface area contributed by atoms with E-state index in [1.807, 2.05) is 48.5 Å². The molecule has 0 bridgehead atoms. The number of halogens is 2. The number of hydrogen-bond donors (Lipinski definition) is 1. The molecule has 4 rings (SSSR count). The maximum atomic E-state index is 12.9. The highest BCUT2D eigenvalue weighted by Gasteiger charge is 2.36. The predicted molar refractivity (Wildman–Crippen MR) is 130 cm³/mol. The molecule has 0 saturated carbocycles. The molecular weight excluding hydrogens is 483 g/mol. The first-order chi connectivity index (χ1) is 15.8. The molecule has 0 unspecified atom stereocenters. The first-order valence-electron chi connectivity index (χ1n) is 10.3. The highest BCUT2D eigenvalue weighted by atomic mass is 35.5. The molecule has 0 radical (unpaired) electrons. The van der Waals surface area contributed by atoms with Crippen LogP contribution in [0.25, 0.3) is 0 Å². The topological polar surface area (TPSA) is 67.9 Å². The summed E-state index contributed by atoms with van der Waals surface area (Å²) in [6.07, 6.45) is 0. The van der Waals surface area contributed by atoms with E-state index in [2.05, 4.69) is 9.62 Å². The molecule has 0 aromatic heterocycles. The molecule has 0 aliphatic carbocycles. The summed E-state index contributed by atoms with van der Waals surface area (Å²) in [7, 11) is -0.738. The average molecular weight is 507 g/mol. The summed E-state index contributed by atoms with van der Waals surface area (Å²) in [5, 5.41) is 1.33. The molecular formula is C24H24Cl2N2O4S. The van der Waals surface area contributed by atoms with E-state index in [4.69, 9.17) is 32.7 Å². The Morgan fingerprint density at radius 3 is 1.85 bits per heavy atom. The van der Waals surface area contributed by atoms with Gasteiger partial charge in [0.2, 0.25) is 10.0 Å². The second-order valence-electron chi connectivity index (χ2n) is 7.79. The van der Waals surface area contributed by atoms with E-state index in [-0.39, 0.29) is 17.0 Å². The number of methoxy groups -OCH3 is 2. The number of nitrogens with one attached hydrogen (secondary N) is 1. The van der Waals surface area contributed by atoms with Gasteiger partial charge in [0.1, 0.15) is 0 Å². The summed E-state index contributed by atoms with van der Waals surface area (Å²) in [6, 6.07) is 19.7. The van der Waals surface area contributed by atoms with Crippen LogP contribution in [0.5, 0.6) is 11.5 Å². The van der Waals surface area contributed by atoms with Gasteiger partial charge < -0.3 is 9.47 Å². The van der Waals surface area contributed by atoms with Crippen LogP contribution in [-0.4, -0.2) is 46.7 Å². The minimum Gasteiger partial charge on any atom is -0.493 e. The van der Waals surface area contributed by atoms with E-state index in [0.29, 0.717) is 34.6 Å². The van der Waals surface area contributed by atoms with Crippen LogP contribution in [0.4, 0.5) is 0 Å². The van der Waals surface area contributed by atoms with E-state index in [1.165, 1.54) is 26.4 Å². The van der Waals surface area contributed by atoms with E-state index < -0.39 is 10.0 Å². The van der Waals surface area contributed by atoms with Crippen LogP contribution in [0.2, 0.25) is 10.0 Å². The van der Waals surface area contributed by atoms with Gasteiger partial charge in [-0.2, -0.15) is 0 Å². The van der Waals surface area contributed by atoms with Gasteiger partial charge in [-0.25, -0.2) is 13.1 Å². The lowest BCUT2D eigenvalue weighted by Gasteiger charge is -2.44. The third-order valence-electron chi connectivity index (χ3n) is 5.63. The maximum Gasteiger partial charge on any atom is 0.241 e. The summed E-state index contributed by atoms with van der Waals surface area (Å²) in [5.41, 5.74) is 2.14. The van der Waals surface area contributed by atoms with Crippen molar-refractivity contribution in [1.82, 2.24) is 9.62 Å². The fourth-order valence-electron chi connectivity index (χ4n) is 3.97. The summed E-state index contributed by atoms with van der Waals surface area (Å²) < 4.78 is 39.1. The van der Waals surface area contributed by atoms with Gasteiger partial charge in [-0.3, -0.25) is 4.90 Å². The van der Waals surface area contributed by atoms with Crippen LogP contribution in [-0.2, 0) is 10.0 Å². The van der Waals surface area contributed by atoms with E-state index in [0.717, 1.165) is 11.1 Å². The molecule has 6 nitrogen and oxygen atoms in total. The minimum atomic E-state index is -3.71. The van der Waals surface area contributed by atoms with Gasteiger partial charge >= 0.3 is 0 Å². The van der Waals surface area contributed by atoms with Crippen molar-refractivity contribution >= 4 is 33.2 Å². The Balaban J connectivity index is 1.51. The standard InChI is InChI=1S/C24H24Cl2N2O4S/c1-31-22-12-11-21(13-23(22)32-2)33(29,30)27-20-14-28(15-20)24(16-3-7-18(25)8-4-16)17-5-9-19(26)10-6-17/h3-13,20,24,27H,14-15H2,1-2H3. The Morgan fingerprint density at radius 2 is 1.36 bits per heavy atom. The van der Waals surface area contributed by atoms with E-state index >= 15 is 0 Å². The molecule has 1 fully saturated rings. The third-order valence-corrected chi connectivity index (χ3v) is 7.66. The van der Waals surface area contributed by atoms with Crippen LogP contribution in [0.15, 0.2) is 71.6 Å². The molecule has 0 spiro atoms. The Kier molecular flexibility index (Phi) is 7.16. The molecule has 3 aromatic rings. The second-order valence-corrected chi connectivity index (χ2v) is 10.4. The van der Waals surface area contributed by atoms with Crippen molar-refractivity contribution < 1.29 is 17.9 Å². The quantitative estimate of drug-likeness (QED) is 0.476. The van der Waals surface area contributed by atoms with Gasteiger partial charge in [-0.15, -0.1) is 0 Å². The Labute approximate surface area is 204 Å². The molecule has 1 N–H and O–H groups in total. The summed E-state index contributed by atoms with van der Waals surface area (Å²) in [6.45, 7) is 1.12. The molecule has 1 aliphatic heterocycles. The number of hydrogen-bond acceptors (Lipinski definition) is 5. The largest absolute Gasteiger partial charge is 0.493 e. The van der Waals surface area contributed by atoms with Crippen LogP contribution >= 0.6 is 23.2 Å². The third kappa shape index (κ3) is 5.28. The summed E-state index contributed by atoms with van der Waals surface area (Å²) >= 11 is 12.2. The van der Waals surface area contributed by atoms with Crippen LogP contribution in [0.3, 0.4) is 0 Å². The number of rotatable bonds is 8. The highest BCUT2D eigenvalue weighted by molar-refractivity contribution is 7.89. The van der Waals surface area contributed by atoms with Gasteiger partial charge in [0.25, 0.3) is 0 Å².